The van der Waals surface area contributed by atoms with E-state index in [4.69, 9.17) is 17.7 Å². The van der Waals surface area contributed by atoms with Gasteiger partial charge in [-0.2, -0.15) is 0 Å². The molecule has 0 aromatic heterocycles. The number of hydrogen-bond donors (Lipinski definition) is 1. The van der Waals surface area contributed by atoms with Crippen LogP contribution in [0.1, 0.15) is 13.3 Å². The van der Waals surface area contributed by atoms with E-state index in [-0.39, 0.29) is 12.7 Å². The Balaban J connectivity index is 2.73. The molecule has 0 saturated carbocycles. The first-order valence-electron chi connectivity index (χ1n) is 3.86. The molecule has 0 aromatic carbocycles. The maximum atomic E-state index is 10.2. The molecule has 0 amide bonds. The predicted octanol–water partition coefficient (Wildman–Crippen LogP) is -0.344. The first-order valence-corrected chi connectivity index (χ1v) is 3.86. The van der Waals surface area contributed by atoms with Gasteiger partial charge in [0.15, 0.2) is 0 Å². The maximum Gasteiger partial charge on any atom is 0.120 e. The molecule has 3 unspecified atom stereocenters. The van der Waals surface area contributed by atoms with Crippen LogP contribution >= 0.6 is 0 Å². The van der Waals surface area contributed by atoms with Gasteiger partial charge in [-0.05, 0) is 6.42 Å². The summed E-state index contributed by atoms with van der Waals surface area (Å²) in [4.78, 5) is 10.2. The summed E-state index contributed by atoms with van der Waals surface area (Å²) in [5, 5.41) is 8.79. The van der Waals surface area contributed by atoms with Crippen molar-refractivity contribution in [3.8, 4) is 0 Å². The van der Waals surface area contributed by atoms with Gasteiger partial charge in [-0.1, -0.05) is 6.92 Å². The highest BCUT2D eigenvalue weighted by atomic mass is 16.5. The Morgan fingerprint density at radius 3 is 3.00 bits per heavy atom. The van der Waals surface area contributed by atoms with Crippen LogP contribution in [0.25, 0.3) is 0 Å². The van der Waals surface area contributed by atoms with E-state index < -0.39 is 11.4 Å². The summed E-state index contributed by atoms with van der Waals surface area (Å²) in [6.07, 6.45) is 1.68. The first kappa shape index (κ1) is 9.52. The molecule has 64 valence electrons. The molecular weight excluding hydrogens is 155 g/mol. The Labute approximate surface area is 72.8 Å². The summed E-state index contributed by atoms with van der Waals surface area (Å²) in [6, 6.07) is -0.518. The highest BCUT2D eigenvalue weighted by Gasteiger charge is 2.40. The Hall–Kier alpha value is -0.565. The number of carbonyl (C=O) groups excluding carboxylic acids is 1. The van der Waals surface area contributed by atoms with E-state index in [1.54, 1.807) is 5.94 Å². The van der Waals surface area contributed by atoms with E-state index in [1.165, 1.54) is 6.08 Å². The second kappa shape index (κ2) is 3.44. The van der Waals surface area contributed by atoms with Gasteiger partial charge in [0.1, 0.15) is 13.8 Å². The minimum absolute atomic E-state index is 0.0595. The zero-order valence-corrected chi connectivity index (χ0v) is 6.99. The summed E-state index contributed by atoms with van der Waals surface area (Å²) in [5.41, 5.74) is -0.477. The second-order valence-electron chi connectivity index (χ2n) is 3.33. The van der Waals surface area contributed by atoms with Crippen LogP contribution in [0.15, 0.2) is 6.08 Å². The third-order valence-electron chi connectivity index (χ3n) is 2.25. The molecule has 3 atom stereocenters. The lowest BCUT2D eigenvalue weighted by molar-refractivity contribution is 0.0370. The molecule has 1 N–H and O–H groups in total. The fourth-order valence-electron chi connectivity index (χ4n) is 1.40. The molecular formula is C8H11BO3. The number of ether oxygens (including phenoxy) is 1. The fourth-order valence-corrected chi connectivity index (χ4v) is 1.40. The molecule has 12 heavy (non-hydrogen) atoms. The Morgan fingerprint density at radius 1 is 1.92 bits per heavy atom. The predicted molar refractivity (Wildman–Crippen MR) is 44.5 cm³/mol. The highest BCUT2D eigenvalue weighted by molar-refractivity contribution is 6.12. The summed E-state index contributed by atoms with van der Waals surface area (Å²) in [5.74, 6) is 1.71. The third kappa shape index (κ3) is 1.61. The number of rotatable bonds is 2. The van der Waals surface area contributed by atoms with Crippen molar-refractivity contribution in [1.29, 1.82) is 0 Å². The lowest BCUT2D eigenvalue weighted by atomic mass is 9.73. The summed E-state index contributed by atoms with van der Waals surface area (Å²) in [6.45, 7) is 1.76. The van der Waals surface area contributed by atoms with Gasteiger partial charge >= 0.3 is 0 Å². The minimum atomic E-state index is -0.518. The van der Waals surface area contributed by atoms with E-state index in [1.807, 2.05) is 6.92 Å². The van der Waals surface area contributed by atoms with Gasteiger partial charge in [0.25, 0.3) is 0 Å². The second-order valence-corrected chi connectivity index (χ2v) is 3.33. The molecule has 1 heterocycles. The van der Waals surface area contributed by atoms with E-state index in [9.17, 15) is 4.79 Å². The van der Waals surface area contributed by atoms with Crippen molar-refractivity contribution in [3.63, 3.8) is 0 Å². The Morgan fingerprint density at radius 2 is 2.58 bits per heavy atom. The third-order valence-corrected chi connectivity index (χ3v) is 2.25. The number of aliphatic hydroxyl groups is 1. The van der Waals surface area contributed by atoms with Gasteiger partial charge in [-0.3, -0.25) is 0 Å². The van der Waals surface area contributed by atoms with Gasteiger partial charge in [0.2, 0.25) is 0 Å². The highest BCUT2D eigenvalue weighted by Crippen LogP contribution is 2.37. The molecule has 0 spiro atoms. The molecule has 1 aliphatic rings. The number of aliphatic hydroxyl groups excluding tert-OH is 1. The van der Waals surface area contributed by atoms with Crippen LogP contribution in [-0.4, -0.2) is 37.6 Å². The van der Waals surface area contributed by atoms with E-state index >= 15 is 0 Å². The molecule has 0 aromatic rings. The molecule has 0 aliphatic carbocycles. The van der Waals surface area contributed by atoms with Crippen molar-refractivity contribution in [1.82, 2.24) is 0 Å². The lowest BCUT2D eigenvalue weighted by Crippen LogP contribution is -2.25. The summed E-state index contributed by atoms with van der Waals surface area (Å²) in [7, 11) is 5.62. The SMILES string of the molecule is [B]C1OC(CO)CC1(C)C=C=O. The zero-order valence-electron chi connectivity index (χ0n) is 6.99. The Kier molecular flexibility index (Phi) is 2.73. The van der Waals surface area contributed by atoms with Gasteiger partial charge in [-0.25, -0.2) is 4.79 Å². The van der Waals surface area contributed by atoms with E-state index in [2.05, 4.69) is 0 Å². The van der Waals surface area contributed by atoms with Crippen molar-refractivity contribution >= 4 is 13.8 Å². The smallest absolute Gasteiger partial charge is 0.120 e. The molecule has 3 nitrogen and oxygen atoms in total. The van der Waals surface area contributed by atoms with Crippen molar-refractivity contribution < 1.29 is 14.6 Å². The van der Waals surface area contributed by atoms with Crippen molar-refractivity contribution in [2.24, 2.45) is 5.41 Å². The average molecular weight is 166 g/mol. The quantitative estimate of drug-likeness (QED) is 0.450. The maximum absolute atomic E-state index is 10.2. The first-order chi connectivity index (χ1) is 5.62. The van der Waals surface area contributed by atoms with Crippen LogP contribution < -0.4 is 0 Å². The van der Waals surface area contributed by atoms with Gasteiger partial charge in [0.05, 0.1) is 12.7 Å². The van der Waals surface area contributed by atoms with Crippen LogP contribution in [0.3, 0.4) is 0 Å². The van der Waals surface area contributed by atoms with Gasteiger partial charge in [-0.15, -0.1) is 0 Å². The standard InChI is InChI=1S/C8H11BO3/c1-8(2-3-10)4-6(5-11)12-7(8)9/h2,6-7,11H,4-5H2,1H3. The summed E-state index contributed by atoms with van der Waals surface area (Å²) >= 11 is 0. The van der Waals surface area contributed by atoms with Crippen LogP contribution in [0, 0.1) is 5.41 Å². The van der Waals surface area contributed by atoms with Crippen LogP contribution in [-0.2, 0) is 9.53 Å². The monoisotopic (exact) mass is 166 g/mol. The largest absolute Gasteiger partial charge is 0.394 e. The molecule has 1 aliphatic heterocycles. The molecule has 1 rings (SSSR count). The summed E-state index contributed by atoms with van der Waals surface area (Å²) < 4.78 is 5.20. The van der Waals surface area contributed by atoms with Gasteiger partial charge < -0.3 is 9.84 Å². The topological polar surface area (TPSA) is 46.5 Å². The minimum Gasteiger partial charge on any atom is -0.394 e. The van der Waals surface area contributed by atoms with E-state index in [0.717, 1.165) is 0 Å². The van der Waals surface area contributed by atoms with E-state index in [0.29, 0.717) is 6.42 Å². The molecule has 0 bridgehead atoms. The van der Waals surface area contributed by atoms with Crippen molar-refractivity contribution in [3.05, 3.63) is 6.08 Å². The van der Waals surface area contributed by atoms with Crippen molar-refractivity contribution in [2.75, 3.05) is 6.61 Å². The fraction of sp³-hybridized carbons (Fsp3) is 0.750. The molecule has 1 saturated heterocycles. The number of hydrogen-bond acceptors (Lipinski definition) is 3. The van der Waals surface area contributed by atoms with Crippen molar-refractivity contribution in [2.45, 2.75) is 25.5 Å². The van der Waals surface area contributed by atoms with Crippen LogP contribution in [0.2, 0.25) is 0 Å². The van der Waals surface area contributed by atoms with Crippen LogP contribution in [0.4, 0.5) is 0 Å². The molecule has 1 fully saturated rings. The zero-order chi connectivity index (χ0) is 9.19. The average Bonchev–Trinajstić information content (AvgIpc) is 2.29. The molecule has 2 radical (unpaired) electrons. The van der Waals surface area contributed by atoms with Crippen LogP contribution in [0.5, 0.6) is 0 Å². The Bertz CT molecular complexity index is 212. The molecule has 4 heteroatoms. The normalized spacial score (nSPS) is 40.8. The van der Waals surface area contributed by atoms with Gasteiger partial charge in [0, 0.05) is 17.5 Å². The lowest BCUT2D eigenvalue weighted by Gasteiger charge is -2.21.